The fourth-order valence-corrected chi connectivity index (χ4v) is 1.36. The third kappa shape index (κ3) is 6.56. The van der Waals surface area contributed by atoms with Gasteiger partial charge in [-0.1, -0.05) is 31.9 Å². The number of hydrogen-bond acceptors (Lipinski definition) is 1. The van der Waals surface area contributed by atoms with Crippen LogP contribution in [0.1, 0.15) is 59.3 Å². The van der Waals surface area contributed by atoms with Crippen molar-refractivity contribution in [2.24, 2.45) is 0 Å². The zero-order chi connectivity index (χ0) is 10.1. The monoisotopic (exact) mass is 182 g/mol. The third-order valence-corrected chi connectivity index (χ3v) is 2.21. The topological polar surface area (TPSA) is 17.1 Å². The maximum absolute atomic E-state index is 11.3. The van der Waals surface area contributed by atoms with E-state index in [1.807, 2.05) is 6.92 Å². The Balaban J connectivity index is 3.78. The first kappa shape index (κ1) is 12.4. The maximum Gasteiger partial charge on any atom is 0.136 e. The molecule has 0 rings (SSSR count). The average molecular weight is 182 g/mol. The molecule has 1 nitrogen and oxygen atoms in total. The van der Waals surface area contributed by atoms with E-state index < -0.39 is 0 Å². The van der Waals surface area contributed by atoms with Gasteiger partial charge < -0.3 is 0 Å². The standard InChI is InChI=1S/C12H22O/c1-4-7-9-11(6-3)10-12(13)8-5-2/h6H,4-5,7-10H2,1-3H3/b11-6-. The van der Waals surface area contributed by atoms with Crippen molar-refractivity contribution in [2.75, 3.05) is 0 Å². The number of Topliss-reactive ketones (excluding diaryl/α,β-unsaturated/α-hetero) is 1. The molecule has 0 saturated heterocycles. The molecule has 0 N–H and O–H groups in total. The number of ketones is 1. The Morgan fingerprint density at radius 2 is 1.85 bits per heavy atom. The number of allylic oxidation sites excluding steroid dienone is 2. The second kappa shape index (κ2) is 8.03. The fourth-order valence-electron chi connectivity index (χ4n) is 1.36. The molecule has 1 heteroatoms. The van der Waals surface area contributed by atoms with Crippen LogP contribution in [0.25, 0.3) is 0 Å². The summed E-state index contributed by atoms with van der Waals surface area (Å²) in [5.41, 5.74) is 1.32. The van der Waals surface area contributed by atoms with E-state index in [2.05, 4.69) is 19.9 Å². The SMILES string of the molecule is C/C=C(/CCCC)CC(=O)CCC. The highest BCUT2D eigenvalue weighted by molar-refractivity contribution is 5.80. The molecule has 0 aromatic carbocycles. The van der Waals surface area contributed by atoms with Gasteiger partial charge in [0.1, 0.15) is 5.78 Å². The second-order valence-corrected chi connectivity index (χ2v) is 3.52. The zero-order valence-electron chi connectivity index (χ0n) is 9.23. The third-order valence-electron chi connectivity index (χ3n) is 2.21. The molecule has 0 aromatic rings. The van der Waals surface area contributed by atoms with Crippen molar-refractivity contribution in [2.45, 2.75) is 59.3 Å². The lowest BCUT2D eigenvalue weighted by atomic mass is 10.0. The van der Waals surface area contributed by atoms with Crippen molar-refractivity contribution in [3.05, 3.63) is 11.6 Å². The van der Waals surface area contributed by atoms with Gasteiger partial charge in [0.25, 0.3) is 0 Å². The zero-order valence-corrected chi connectivity index (χ0v) is 9.23. The first-order valence-electron chi connectivity index (χ1n) is 5.40. The lowest BCUT2D eigenvalue weighted by Crippen LogP contribution is -1.99. The van der Waals surface area contributed by atoms with E-state index in [0.717, 1.165) is 19.3 Å². The van der Waals surface area contributed by atoms with Crippen molar-refractivity contribution < 1.29 is 4.79 Å². The predicted molar refractivity (Wildman–Crippen MR) is 57.8 cm³/mol. The van der Waals surface area contributed by atoms with E-state index in [9.17, 15) is 4.79 Å². The van der Waals surface area contributed by atoms with Gasteiger partial charge in [-0.3, -0.25) is 4.79 Å². The summed E-state index contributed by atoms with van der Waals surface area (Å²) < 4.78 is 0. The average Bonchev–Trinajstić information content (AvgIpc) is 2.12. The van der Waals surface area contributed by atoms with Gasteiger partial charge in [0.15, 0.2) is 0 Å². The molecule has 0 aliphatic heterocycles. The minimum atomic E-state index is 0.395. The molecule has 0 bridgehead atoms. The van der Waals surface area contributed by atoms with Crippen LogP contribution in [0.4, 0.5) is 0 Å². The molecule has 0 aliphatic rings. The van der Waals surface area contributed by atoms with Crippen molar-refractivity contribution in [1.29, 1.82) is 0 Å². The second-order valence-electron chi connectivity index (χ2n) is 3.52. The molecule has 0 heterocycles. The summed E-state index contributed by atoms with van der Waals surface area (Å²) in [7, 11) is 0. The van der Waals surface area contributed by atoms with Crippen LogP contribution in [0.15, 0.2) is 11.6 Å². The summed E-state index contributed by atoms with van der Waals surface area (Å²) in [6.07, 6.45) is 8.02. The fraction of sp³-hybridized carbons (Fsp3) is 0.750. The minimum absolute atomic E-state index is 0.395. The van der Waals surface area contributed by atoms with Gasteiger partial charge in [0.05, 0.1) is 0 Å². The minimum Gasteiger partial charge on any atom is -0.299 e. The van der Waals surface area contributed by atoms with Crippen molar-refractivity contribution in [3.63, 3.8) is 0 Å². The molecule has 13 heavy (non-hydrogen) atoms. The summed E-state index contributed by atoms with van der Waals surface area (Å²) in [4.78, 5) is 11.3. The Hall–Kier alpha value is -0.590. The maximum atomic E-state index is 11.3. The van der Waals surface area contributed by atoms with Crippen molar-refractivity contribution >= 4 is 5.78 Å². The predicted octanol–water partition coefficient (Wildman–Crippen LogP) is 3.88. The van der Waals surface area contributed by atoms with E-state index in [1.165, 1.54) is 18.4 Å². The van der Waals surface area contributed by atoms with Crippen LogP contribution in [0.5, 0.6) is 0 Å². The highest BCUT2D eigenvalue weighted by atomic mass is 16.1. The quantitative estimate of drug-likeness (QED) is 0.546. The lowest BCUT2D eigenvalue weighted by molar-refractivity contribution is -0.118. The van der Waals surface area contributed by atoms with E-state index in [4.69, 9.17) is 0 Å². The normalized spacial score (nSPS) is 11.8. The first-order chi connectivity index (χ1) is 6.24. The van der Waals surface area contributed by atoms with Crippen LogP contribution < -0.4 is 0 Å². The van der Waals surface area contributed by atoms with Gasteiger partial charge in [-0.05, 0) is 26.2 Å². The Labute approximate surface area is 82.2 Å². The smallest absolute Gasteiger partial charge is 0.136 e. The summed E-state index contributed by atoms with van der Waals surface area (Å²) >= 11 is 0. The largest absolute Gasteiger partial charge is 0.299 e. The van der Waals surface area contributed by atoms with Crippen LogP contribution in [0.2, 0.25) is 0 Å². The Morgan fingerprint density at radius 3 is 2.31 bits per heavy atom. The van der Waals surface area contributed by atoms with Gasteiger partial charge in [-0.2, -0.15) is 0 Å². The summed E-state index contributed by atoms with van der Waals surface area (Å²) in [5.74, 6) is 0.395. The first-order valence-corrected chi connectivity index (χ1v) is 5.40. The van der Waals surface area contributed by atoms with Crippen molar-refractivity contribution in [1.82, 2.24) is 0 Å². The van der Waals surface area contributed by atoms with Crippen LogP contribution in [-0.4, -0.2) is 5.78 Å². The number of carbonyl (C=O) groups excluding carboxylic acids is 1. The number of hydrogen-bond donors (Lipinski definition) is 0. The molecule has 0 amide bonds. The van der Waals surface area contributed by atoms with Gasteiger partial charge in [-0.25, -0.2) is 0 Å². The molecule has 0 aromatic heterocycles. The van der Waals surface area contributed by atoms with Crippen LogP contribution in [-0.2, 0) is 4.79 Å². The summed E-state index contributed by atoms with van der Waals surface area (Å²) in [6, 6.07) is 0. The lowest BCUT2D eigenvalue weighted by Gasteiger charge is -2.04. The number of unbranched alkanes of at least 4 members (excludes halogenated alkanes) is 1. The molecule has 0 aliphatic carbocycles. The van der Waals surface area contributed by atoms with Gasteiger partial charge in [0, 0.05) is 12.8 Å². The molecule has 0 atom stereocenters. The van der Waals surface area contributed by atoms with Gasteiger partial charge in [-0.15, -0.1) is 0 Å². The molecular weight excluding hydrogens is 160 g/mol. The van der Waals surface area contributed by atoms with Crippen molar-refractivity contribution in [3.8, 4) is 0 Å². The van der Waals surface area contributed by atoms with Gasteiger partial charge in [0.2, 0.25) is 0 Å². The molecule has 0 saturated carbocycles. The van der Waals surface area contributed by atoms with E-state index >= 15 is 0 Å². The number of carbonyl (C=O) groups is 1. The molecule has 0 radical (unpaired) electrons. The van der Waals surface area contributed by atoms with E-state index in [0.29, 0.717) is 12.2 Å². The molecule has 76 valence electrons. The van der Waals surface area contributed by atoms with Crippen LogP contribution in [0, 0.1) is 0 Å². The molecule has 0 unspecified atom stereocenters. The Bertz CT molecular complexity index is 168. The van der Waals surface area contributed by atoms with E-state index in [-0.39, 0.29) is 0 Å². The summed E-state index contributed by atoms with van der Waals surface area (Å²) in [6.45, 7) is 6.27. The van der Waals surface area contributed by atoms with Crippen LogP contribution >= 0.6 is 0 Å². The number of rotatable bonds is 7. The van der Waals surface area contributed by atoms with E-state index in [1.54, 1.807) is 0 Å². The highest BCUT2D eigenvalue weighted by Gasteiger charge is 2.03. The molecular formula is C12H22O. The highest BCUT2D eigenvalue weighted by Crippen LogP contribution is 2.13. The molecule has 0 spiro atoms. The summed E-state index contributed by atoms with van der Waals surface area (Å²) in [5, 5.41) is 0. The Morgan fingerprint density at radius 1 is 1.15 bits per heavy atom. The van der Waals surface area contributed by atoms with Gasteiger partial charge >= 0.3 is 0 Å². The van der Waals surface area contributed by atoms with Crippen LogP contribution in [0.3, 0.4) is 0 Å². The Kier molecular flexibility index (Phi) is 7.66. The molecule has 0 fully saturated rings.